The number of aromatic nitrogens is 2. The molecule has 1 fully saturated rings. The summed E-state index contributed by atoms with van der Waals surface area (Å²) in [6.45, 7) is 3.31. The maximum absolute atomic E-state index is 11.9. The first kappa shape index (κ1) is 27.5. The zero-order chi connectivity index (χ0) is 27.0. The quantitative estimate of drug-likeness (QED) is 0.337. The average molecular weight is 541 g/mol. The molecular formula is C22H23F3N6O5S. The van der Waals surface area contributed by atoms with E-state index in [2.05, 4.69) is 37.6 Å². The number of carboxylic acid groups (broad SMARTS) is 1. The Kier molecular flexibility index (Phi) is 9.08. The Hall–Kier alpha value is -4.11. The SMILES string of the molecule is COC(=O)c1sc(N)nc1Nc1ccnc(Nc2ccc(N3CCOCC3)cc2)c1.O=C(O)C(F)(F)F. The van der Waals surface area contributed by atoms with E-state index in [4.69, 9.17) is 25.1 Å². The second-order valence-electron chi connectivity index (χ2n) is 7.35. The molecule has 2 aromatic heterocycles. The Morgan fingerprint density at radius 3 is 2.38 bits per heavy atom. The number of morpholine rings is 1. The number of esters is 1. The van der Waals surface area contributed by atoms with E-state index in [1.54, 1.807) is 12.3 Å². The first-order valence-electron chi connectivity index (χ1n) is 10.6. The highest BCUT2D eigenvalue weighted by Gasteiger charge is 2.38. The number of nitrogens with one attached hydrogen (secondary N) is 2. The number of benzene rings is 1. The number of thiazole rings is 1. The molecule has 37 heavy (non-hydrogen) atoms. The minimum Gasteiger partial charge on any atom is -0.475 e. The highest BCUT2D eigenvalue weighted by Crippen LogP contribution is 2.29. The number of nitrogen functional groups attached to an aromatic ring is 1. The number of ether oxygens (including phenoxy) is 2. The monoisotopic (exact) mass is 540 g/mol. The molecule has 0 aliphatic carbocycles. The molecule has 1 aliphatic heterocycles. The van der Waals surface area contributed by atoms with Crippen LogP contribution in [0.15, 0.2) is 42.6 Å². The van der Waals surface area contributed by atoms with E-state index in [-0.39, 0.29) is 5.13 Å². The van der Waals surface area contributed by atoms with Crippen LogP contribution in [0.5, 0.6) is 0 Å². The molecule has 3 aromatic rings. The summed E-state index contributed by atoms with van der Waals surface area (Å²) < 4.78 is 41.9. The van der Waals surface area contributed by atoms with Crippen molar-refractivity contribution in [2.45, 2.75) is 6.18 Å². The lowest BCUT2D eigenvalue weighted by Gasteiger charge is -2.28. The lowest BCUT2D eigenvalue weighted by atomic mass is 10.2. The van der Waals surface area contributed by atoms with Crippen molar-refractivity contribution in [2.24, 2.45) is 0 Å². The Morgan fingerprint density at radius 2 is 1.78 bits per heavy atom. The zero-order valence-electron chi connectivity index (χ0n) is 19.4. The number of nitrogens with zero attached hydrogens (tertiary/aromatic N) is 3. The molecule has 1 aliphatic rings. The number of hydrogen-bond acceptors (Lipinski definition) is 11. The van der Waals surface area contributed by atoms with Crippen molar-refractivity contribution in [3.05, 3.63) is 47.5 Å². The minimum absolute atomic E-state index is 0.283. The number of nitrogens with two attached hydrogens (primary N) is 1. The molecule has 0 unspecified atom stereocenters. The van der Waals surface area contributed by atoms with E-state index in [0.717, 1.165) is 43.3 Å². The maximum Gasteiger partial charge on any atom is 0.490 e. The van der Waals surface area contributed by atoms with Crippen LogP contribution in [0.4, 0.5) is 47.0 Å². The minimum atomic E-state index is -5.08. The van der Waals surface area contributed by atoms with E-state index >= 15 is 0 Å². The lowest BCUT2D eigenvalue weighted by molar-refractivity contribution is -0.192. The van der Waals surface area contributed by atoms with Crippen LogP contribution in [0.1, 0.15) is 9.67 Å². The number of anilines is 6. The van der Waals surface area contributed by atoms with Gasteiger partial charge in [0.05, 0.1) is 20.3 Å². The molecule has 0 amide bonds. The number of carbonyl (C=O) groups is 2. The molecule has 5 N–H and O–H groups in total. The topological polar surface area (TPSA) is 152 Å². The normalized spacial score (nSPS) is 13.2. The van der Waals surface area contributed by atoms with Crippen LogP contribution in [0.25, 0.3) is 0 Å². The lowest BCUT2D eigenvalue weighted by Crippen LogP contribution is -2.36. The van der Waals surface area contributed by atoms with Crippen molar-refractivity contribution in [1.29, 1.82) is 0 Å². The van der Waals surface area contributed by atoms with Crippen molar-refractivity contribution in [3.63, 3.8) is 0 Å². The maximum atomic E-state index is 11.9. The van der Waals surface area contributed by atoms with E-state index in [1.165, 1.54) is 12.8 Å². The third-order valence-corrected chi connectivity index (χ3v) is 5.66. The van der Waals surface area contributed by atoms with Gasteiger partial charge in [0.25, 0.3) is 0 Å². The van der Waals surface area contributed by atoms with E-state index in [1.807, 2.05) is 18.2 Å². The Labute approximate surface area is 213 Å². The summed E-state index contributed by atoms with van der Waals surface area (Å²) >= 11 is 1.07. The zero-order valence-corrected chi connectivity index (χ0v) is 20.2. The molecule has 0 bridgehead atoms. The Bertz CT molecular complexity index is 1220. The standard InChI is InChI=1S/C20H22N6O3S.C2HF3O2/c1-28-19(27)17-18(25-20(21)30-17)24-14-6-7-22-16(12-14)23-13-2-4-15(5-3-13)26-8-10-29-11-9-26;3-2(4,5)1(6)7/h2-7,12H,8-11H2,1H3,(H2,21,25)(H2,22,23,24);(H,6,7). The molecule has 1 aromatic carbocycles. The summed E-state index contributed by atoms with van der Waals surface area (Å²) in [5.41, 5.74) is 8.56. The van der Waals surface area contributed by atoms with Crippen molar-refractivity contribution in [3.8, 4) is 0 Å². The molecule has 11 nitrogen and oxygen atoms in total. The van der Waals surface area contributed by atoms with Crippen LogP contribution in [-0.2, 0) is 14.3 Å². The van der Waals surface area contributed by atoms with Gasteiger partial charge in [-0.25, -0.2) is 19.6 Å². The molecule has 0 spiro atoms. The Morgan fingerprint density at radius 1 is 1.14 bits per heavy atom. The van der Waals surface area contributed by atoms with Crippen LogP contribution in [-0.4, -0.2) is 66.6 Å². The summed E-state index contributed by atoms with van der Waals surface area (Å²) in [5.74, 6) is -2.23. The fraction of sp³-hybridized carbons (Fsp3) is 0.273. The number of hydrogen-bond donors (Lipinski definition) is 4. The molecule has 3 heterocycles. The smallest absolute Gasteiger partial charge is 0.475 e. The van der Waals surface area contributed by atoms with Crippen molar-refractivity contribution in [2.75, 3.05) is 54.7 Å². The predicted molar refractivity (Wildman–Crippen MR) is 132 cm³/mol. The predicted octanol–water partition coefficient (Wildman–Crippen LogP) is 3.86. The molecule has 198 valence electrons. The number of methoxy groups -OCH3 is 1. The van der Waals surface area contributed by atoms with Crippen molar-refractivity contribution >= 4 is 57.1 Å². The van der Waals surface area contributed by atoms with Crippen LogP contribution >= 0.6 is 11.3 Å². The van der Waals surface area contributed by atoms with Gasteiger partial charge in [-0.1, -0.05) is 11.3 Å². The fourth-order valence-corrected chi connectivity index (χ4v) is 3.80. The number of pyridine rings is 1. The van der Waals surface area contributed by atoms with Crippen LogP contribution < -0.4 is 21.3 Å². The number of rotatable bonds is 6. The number of aliphatic carboxylic acids is 1. The first-order chi connectivity index (χ1) is 17.6. The van der Waals surface area contributed by atoms with Crippen molar-refractivity contribution < 1.29 is 37.3 Å². The fourth-order valence-electron chi connectivity index (χ4n) is 3.09. The summed E-state index contributed by atoms with van der Waals surface area (Å²) in [7, 11) is 1.32. The number of carbonyl (C=O) groups excluding carboxylic acids is 1. The molecule has 1 saturated heterocycles. The summed E-state index contributed by atoms with van der Waals surface area (Å²) in [6.07, 6.45) is -3.42. The number of carboxylic acids is 1. The molecule has 4 rings (SSSR count). The van der Waals surface area contributed by atoms with Gasteiger partial charge < -0.3 is 35.8 Å². The third kappa shape index (κ3) is 7.94. The van der Waals surface area contributed by atoms with Crippen LogP contribution in [0.3, 0.4) is 0 Å². The molecule has 0 radical (unpaired) electrons. The van der Waals surface area contributed by atoms with Gasteiger partial charge in [0.2, 0.25) is 0 Å². The van der Waals surface area contributed by atoms with Crippen LogP contribution in [0.2, 0.25) is 0 Å². The third-order valence-electron chi connectivity index (χ3n) is 4.80. The summed E-state index contributed by atoms with van der Waals surface area (Å²) in [6, 6.07) is 11.8. The van der Waals surface area contributed by atoms with Gasteiger partial charge in [0.15, 0.2) is 15.8 Å². The van der Waals surface area contributed by atoms with Crippen molar-refractivity contribution in [1.82, 2.24) is 9.97 Å². The highest BCUT2D eigenvalue weighted by molar-refractivity contribution is 7.17. The second kappa shape index (κ2) is 12.2. The van der Waals surface area contributed by atoms with Gasteiger partial charge in [0.1, 0.15) is 5.82 Å². The largest absolute Gasteiger partial charge is 0.490 e. The van der Waals surface area contributed by atoms with Gasteiger partial charge in [-0.15, -0.1) is 0 Å². The average Bonchev–Trinajstić information content (AvgIpc) is 3.24. The number of halogens is 3. The molecular weight excluding hydrogens is 517 g/mol. The highest BCUT2D eigenvalue weighted by atomic mass is 32.1. The summed E-state index contributed by atoms with van der Waals surface area (Å²) in [4.78, 5) is 31.9. The van der Waals surface area contributed by atoms with Gasteiger partial charge in [0, 0.05) is 42.4 Å². The van der Waals surface area contributed by atoms with Gasteiger partial charge in [-0.3, -0.25) is 0 Å². The summed E-state index contributed by atoms with van der Waals surface area (Å²) in [5, 5.41) is 13.8. The molecule has 0 atom stereocenters. The first-order valence-corrected chi connectivity index (χ1v) is 11.5. The van der Waals surface area contributed by atoms with Gasteiger partial charge in [-0.2, -0.15) is 13.2 Å². The Balaban J connectivity index is 0.000000479. The van der Waals surface area contributed by atoms with Gasteiger partial charge >= 0.3 is 18.1 Å². The number of alkyl halides is 3. The van der Waals surface area contributed by atoms with E-state index in [0.29, 0.717) is 22.2 Å². The van der Waals surface area contributed by atoms with Gasteiger partial charge in [-0.05, 0) is 30.3 Å². The molecule has 15 heteroatoms. The molecule has 0 saturated carbocycles. The van der Waals surface area contributed by atoms with Crippen LogP contribution in [0, 0.1) is 0 Å². The van der Waals surface area contributed by atoms with E-state index < -0.39 is 18.1 Å². The van der Waals surface area contributed by atoms with E-state index in [9.17, 15) is 18.0 Å². The second-order valence-corrected chi connectivity index (χ2v) is 8.38.